The fraction of sp³-hybridized carbons (Fsp3) is 0.625. The standard InChI is InChI=1S/C16H23BrO3/c1-3-11-4-6-13(7-5-11)20-16-14(17)8-12(10-18)9-15(16)19-2/h8-9,11,13,18H,3-7,10H2,1-2H3. The first-order chi connectivity index (χ1) is 9.67. The number of aliphatic hydroxyl groups excluding tert-OH is 1. The van der Waals surface area contributed by atoms with Crippen LogP contribution < -0.4 is 9.47 Å². The summed E-state index contributed by atoms with van der Waals surface area (Å²) < 4.78 is 12.4. The molecule has 20 heavy (non-hydrogen) atoms. The topological polar surface area (TPSA) is 38.7 Å². The van der Waals surface area contributed by atoms with Gasteiger partial charge in [0.05, 0.1) is 24.3 Å². The molecule has 0 bridgehead atoms. The summed E-state index contributed by atoms with van der Waals surface area (Å²) in [5, 5.41) is 9.23. The second-order valence-electron chi connectivity index (χ2n) is 5.44. The maximum Gasteiger partial charge on any atom is 0.175 e. The van der Waals surface area contributed by atoms with Gasteiger partial charge in [-0.1, -0.05) is 13.3 Å². The van der Waals surface area contributed by atoms with Gasteiger partial charge in [0.15, 0.2) is 11.5 Å². The average molecular weight is 343 g/mol. The Morgan fingerprint density at radius 3 is 2.50 bits per heavy atom. The highest BCUT2D eigenvalue weighted by Crippen LogP contribution is 2.39. The van der Waals surface area contributed by atoms with E-state index in [1.54, 1.807) is 7.11 Å². The molecule has 1 fully saturated rings. The Morgan fingerprint density at radius 1 is 1.25 bits per heavy atom. The lowest BCUT2D eigenvalue weighted by atomic mass is 9.86. The van der Waals surface area contributed by atoms with E-state index in [-0.39, 0.29) is 12.7 Å². The number of hydrogen-bond donors (Lipinski definition) is 1. The van der Waals surface area contributed by atoms with Crippen LogP contribution in [0.25, 0.3) is 0 Å². The minimum atomic E-state index is -0.00313. The van der Waals surface area contributed by atoms with Crippen molar-refractivity contribution in [3.8, 4) is 11.5 Å². The van der Waals surface area contributed by atoms with E-state index in [9.17, 15) is 5.11 Å². The molecule has 2 rings (SSSR count). The third-order valence-electron chi connectivity index (χ3n) is 4.13. The number of rotatable bonds is 5. The van der Waals surface area contributed by atoms with Crippen LogP contribution in [-0.4, -0.2) is 18.3 Å². The van der Waals surface area contributed by atoms with Gasteiger partial charge in [-0.2, -0.15) is 0 Å². The molecule has 0 aliphatic heterocycles. The second-order valence-corrected chi connectivity index (χ2v) is 6.29. The van der Waals surface area contributed by atoms with Gasteiger partial charge < -0.3 is 14.6 Å². The first kappa shape index (κ1) is 15.6. The van der Waals surface area contributed by atoms with E-state index in [0.29, 0.717) is 5.75 Å². The molecular weight excluding hydrogens is 320 g/mol. The van der Waals surface area contributed by atoms with Crippen LogP contribution in [0.1, 0.15) is 44.6 Å². The number of benzene rings is 1. The molecule has 0 amide bonds. The Kier molecular flexibility index (Phi) is 5.73. The molecule has 3 nitrogen and oxygen atoms in total. The third-order valence-corrected chi connectivity index (χ3v) is 4.72. The summed E-state index contributed by atoms with van der Waals surface area (Å²) in [6.07, 6.45) is 6.24. The summed E-state index contributed by atoms with van der Waals surface area (Å²) in [6.45, 7) is 2.26. The number of aliphatic hydroxyl groups is 1. The van der Waals surface area contributed by atoms with Gasteiger partial charge in [0.25, 0.3) is 0 Å². The van der Waals surface area contributed by atoms with E-state index < -0.39 is 0 Å². The molecule has 0 heterocycles. The van der Waals surface area contributed by atoms with Crippen molar-refractivity contribution in [2.45, 2.75) is 51.7 Å². The number of halogens is 1. The normalized spacial score (nSPS) is 22.6. The largest absolute Gasteiger partial charge is 0.493 e. The predicted molar refractivity (Wildman–Crippen MR) is 83.3 cm³/mol. The van der Waals surface area contributed by atoms with Crippen molar-refractivity contribution in [1.29, 1.82) is 0 Å². The Balaban J connectivity index is 2.09. The Labute approximate surface area is 129 Å². The van der Waals surface area contributed by atoms with E-state index in [1.165, 1.54) is 19.3 Å². The lowest BCUT2D eigenvalue weighted by Crippen LogP contribution is -2.24. The van der Waals surface area contributed by atoms with Crippen molar-refractivity contribution in [1.82, 2.24) is 0 Å². The predicted octanol–water partition coefficient (Wildman–Crippen LogP) is 4.30. The van der Waals surface area contributed by atoms with Crippen molar-refractivity contribution in [3.05, 3.63) is 22.2 Å². The molecule has 1 N–H and O–H groups in total. The van der Waals surface area contributed by atoms with Crippen LogP contribution in [0.15, 0.2) is 16.6 Å². The van der Waals surface area contributed by atoms with Crippen LogP contribution in [0.4, 0.5) is 0 Å². The quantitative estimate of drug-likeness (QED) is 0.866. The summed E-state index contributed by atoms with van der Waals surface area (Å²) in [6, 6.07) is 3.72. The number of ether oxygens (including phenoxy) is 2. The zero-order valence-corrected chi connectivity index (χ0v) is 13.8. The van der Waals surface area contributed by atoms with Gasteiger partial charge in [-0.3, -0.25) is 0 Å². The molecule has 1 aromatic rings. The second kappa shape index (κ2) is 7.32. The smallest absolute Gasteiger partial charge is 0.175 e. The summed E-state index contributed by atoms with van der Waals surface area (Å²) in [5.74, 6) is 2.29. The first-order valence-corrected chi connectivity index (χ1v) is 8.11. The lowest BCUT2D eigenvalue weighted by Gasteiger charge is -2.29. The van der Waals surface area contributed by atoms with Crippen LogP contribution in [-0.2, 0) is 6.61 Å². The minimum Gasteiger partial charge on any atom is -0.493 e. The molecule has 0 unspecified atom stereocenters. The number of methoxy groups -OCH3 is 1. The van der Waals surface area contributed by atoms with E-state index in [4.69, 9.17) is 9.47 Å². The zero-order chi connectivity index (χ0) is 14.5. The summed E-state index contributed by atoms with van der Waals surface area (Å²) in [5.41, 5.74) is 0.816. The molecule has 1 saturated carbocycles. The monoisotopic (exact) mass is 342 g/mol. The Hall–Kier alpha value is -0.740. The zero-order valence-electron chi connectivity index (χ0n) is 12.2. The SMILES string of the molecule is CCC1CCC(Oc2c(Br)cc(CO)cc2OC)CC1. The van der Waals surface area contributed by atoms with Gasteiger partial charge in [0, 0.05) is 0 Å². The van der Waals surface area contributed by atoms with E-state index in [2.05, 4.69) is 22.9 Å². The highest BCUT2D eigenvalue weighted by Gasteiger charge is 2.23. The summed E-state index contributed by atoms with van der Waals surface area (Å²) >= 11 is 3.52. The van der Waals surface area contributed by atoms with Gasteiger partial charge in [-0.15, -0.1) is 0 Å². The molecule has 0 atom stereocenters. The van der Waals surface area contributed by atoms with Crippen LogP contribution in [0.3, 0.4) is 0 Å². The number of hydrogen-bond acceptors (Lipinski definition) is 3. The molecule has 0 spiro atoms. The van der Waals surface area contributed by atoms with Crippen molar-refractivity contribution < 1.29 is 14.6 Å². The minimum absolute atomic E-state index is 0.00313. The summed E-state index contributed by atoms with van der Waals surface area (Å²) in [7, 11) is 1.63. The fourth-order valence-electron chi connectivity index (χ4n) is 2.80. The molecule has 0 aromatic heterocycles. The third kappa shape index (κ3) is 3.67. The highest BCUT2D eigenvalue weighted by molar-refractivity contribution is 9.10. The van der Waals surface area contributed by atoms with Gasteiger partial charge in [-0.25, -0.2) is 0 Å². The molecule has 4 heteroatoms. The molecule has 1 aliphatic carbocycles. The van der Waals surface area contributed by atoms with Crippen molar-refractivity contribution in [3.63, 3.8) is 0 Å². The molecular formula is C16H23BrO3. The highest BCUT2D eigenvalue weighted by atomic mass is 79.9. The molecule has 112 valence electrons. The molecule has 0 radical (unpaired) electrons. The van der Waals surface area contributed by atoms with E-state index in [0.717, 1.165) is 34.5 Å². The Morgan fingerprint density at radius 2 is 1.95 bits per heavy atom. The van der Waals surface area contributed by atoms with Gasteiger partial charge in [0.1, 0.15) is 0 Å². The van der Waals surface area contributed by atoms with Crippen molar-refractivity contribution in [2.24, 2.45) is 5.92 Å². The Bertz CT molecular complexity index is 440. The lowest BCUT2D eigenvalue weighted by molar-refractivity contribution is 0.125. The average Bonchev–Trinajstić information content (AvgIpc) is 2.49. The van der Waals surface area contributed by atoms with Crippen LogP contribution in [0, 0.1) is 5.92 Å². The van der Waals surface area contributed by atoms with Crippen LogP contribution in [0.5, 0.6) is 11.5 Å². The van der Waals surface area contributed by atoms with Gasteiger partial charge >= 0.3 is 0 Å². The first-order valence-electron chi connectivity index (χ1n) is 7.31. The molecule has 1 aliphatic rings. The summed E-state index contributed by atoms with van der Waals surface area (Å²) in [4.78, 5) is 0. The maximum atomic E-state index is 9.23. The van der Waals surface area contributed by atoms with Crippen molar-refractivity contribution >= 4 is 15.9 Å². The van der Waals surface area contributed by atoms with E-state index >= 15 is 0 Å². The van der Waals surface area contributed by atoms with Crippen LogP contribution >= 0.6 is 15.9 Å². The molecule has 0 saturated heterocycles. The van der Waals surface area contributed by atoms with Crippen molar-refractivity contribution in [2.75, 3.05) is 7.11 Å². The van der Waals surface area contributed by atoms with E-state index in [1.807, 2.05) is 12.1 Å². The van der Waals surface area contributed by atoms with Gasteiger partial charge in [0.2, 0.25) is 0 Å². The molecule has 1 aromatic carbocycles. The van der Waals surface area contributed by atoms with Gasteiger partial charge in [-0.05, 0) is 65.2 Å². The fourth-order valence-corrected chi connectivity index (χ4v) is 3.39. The maximum absolute atomic E-state index is 9.23. The van der Waals surface area contributed by atoms with Crippen LogP contribution in [0.2, 0.25) is 0 Å².